The topological polar surface area (TPSA) is 96.7 Å². The highest BCUT2D eigenvalue weighted by molar-refractivity contribution is 7.89. The van der Waals surface area contributed by atoms with Gasteiger partial charge in [0, 0.05) is 13.1 Å². The van der Waals surface area contributed by atoms with E-state index in [-0.39, 0.29) is 38.5 Å². The molecule has 0 bridgehead atoms. The average Bonchev–Trinajstić information content (AvgIpc) is 2.73. The zero-order chi connectivity index (χ0) is 20.1. The predicted molar refractivity (Wildman–Crippen MR) is 96.3 cm³/mol. The van der Waals surface area contributed by atoms with Crippen molar-refractivity contribution in [1.29, 1.82) is 5.26 Å². The Morgan fingerprint density at radius 1 is 1.21 bits per heavy atom. The summed E-state index contributed by atoms with van der Waals surface area (Å²) in [5.41, 5.74) is 0.953. The number of rotatable bonds is 5. The van der Waals surface area contributed by atoms with E-state index >= 15 is 0 Å². The largest absolute Gasteiger partial charge is 0.457 e. The standard InChI is InChI=1S/C19H17FN2O5S/c20-17-5-4-16(11-18(17)28(24,25)22-6-8-26-9-7-22)19(23)27-13-15-3-1-2-14(10-15)12-21/h1-5,10-11H,6-9,13H2. The molecule has 2 aromatic rings. The second kappa shape index (κ2) is 8.48. The van der Waals surface area contributed by atoms with E-state index < -0.39 is 26.7 Å². The fourth-order valence-electron chi connectivity index (χ4n) is 2.72. The van der Waals surface area contributed by atoms with Crippen LogP contribution < -0.4 is 0 Å². The molecule has 7 nitrogen and oxygen atoms in total. The van der Waals surface area contributed by atoms with Crippen molar-refractivity contribution in [2.75, 3.05) is 26.3 Å². The fourth-order valence-corrected chi connectivity index (χ4v) is 4.22. The van der Waals surface area contributed by atoms with Gasteiger partial charge in [-0.1, -0.05) is 12.1 Å². The van der Waals surface area contributed by atoms with E-state index in [0.29, 0.717) is 11.1 Å². The lowest BCUT2D eigenvalue weighted by Gasteiger charge is -2.26. The van der Waals surface area contributed by atoms with Crippen LogP contribution >= 0.6 is 0 Å². The van der Waals surface area contributed by atoms with Crippen LogP contribution in [0.2, 0.25) is 0 Å². The van der Waals surface area contributed by atoms with Gasteiger partial charge >= 0.3 is 5.97 Å². The smallest absolute Gasteiger partial charge is 0.338 e. The number of carbonyl (C=O) groups excluding carboxylic acids is 1. The molecule has 1 heterocycles. The zero-order valence-corrected chi connectivity index (χ0v) is 15.6. The van der Waals surface area contributed by atoms with Gasteiger partial charge in [-0.05, 0) is 35.9 Å². The van der Waals surface area contributed by atoms with Gasteiger partial charge in [0.05, 0.1) is 30.4 Å². The molecule has 0 unspecified atom stereocenters. The molecule has 3 rings (SSSR count). The van der Waals surface area contributed by atoms with E-state index in [2.05, 4.69) is 0 Å². The molecule has 0 radical (unpaired) electrons. The van der Waals surface area contributed by atoms with Crippen LogP contribution in [0.5, 0.6) is 0 Å². The van der Waals surface area contributed by atoms with Gasteiger partial charge in [0.25, 0.3) is 0 Å². The first kappa shape index (κ1) is 19.9. The average molecular weight is 404 g/mol. The highest BCUT2D eigenvalue weighted by atomic mass is 32.2. The number of hydrogen-bond acceptors (Lipinski definition) is 6. The van der Waals surface area contributed by atoms with Gasteiger partial charge in [-0.25, -0.2) is 17.6 Å². The minimum atomic E-state index is -4.09. The van der Waals surface area contributed by atoms with Crippen molar-refractivity contribution in [2.24, 2.45) is 0 Å². The van der Waals surface area contributed by atoms with Gasteiger partial charge in [0.15, 0.2) is 0 Å². The molecule has 1 fully saturated rings. The summed E-state index contributed by atoms with van der Waals surface area (Å²) in [6.07, 6.45) is 0. The molecule has 0 atom stereocenters. The van der Waals surface area contributed by atoms with Crippen LogP contribution in [0.25, 0.3) is 0 Å². The molecule has 0 aliphatic carbocycles. The molecule has 2 aromatic carbocycles. The van der Waals surface area contributed by atoms with Gasteiger partial charge < -0.3 is 9.47 Å². The van der Waals surface area contributed by atoms with E-state index in [0.717, 1.165) is 16.4 Å². The Labute approximate surface area is 162 Å². The van der Waals surface area contributed by atoms with Crippen LogP contribution in [0.3, 0.4) is 0 Å². The molecule has 0 saturated carbocycles. The van der Waals surface area contributed by atoms with Gasteiger partial charge in [0.1, 0.15) is 17.3 Å². The van der Waals surface area contributed by atoms with E-state index in [1.54, 1.807) is 24.3 Å². The predicted octanol–water partition coefficient (Wildman–Crippen LogP) is 2.08. The molecule has 0 spiro atoms. The first-order chi connectivity index (χ1) is 13.4. The first-order valence-corrected chi connectivity index (χ1v) is 9.89. The number of sulfonamides is 1. The molecular weight excluding hydrogens is 387 g/mol. The van der Waals surface area contributed by atoms with Crippen molar-refractivity contribution in [3.8, 4) is 6.07 Å². The minimum Gasteiger partial charge on any atom is -0.457 e. The molecule has 1 aliphatic heterocycles. The van der Waals surface area contributed by atoms with E-state index in [4.69, 9.17) is 14.7 Å². The van der Waals surface area contributed by atoms with E-state index in [1.165, 1.54) is 6.07 Å². The van der Waals surface area contributed by atoms with Crippen molar-refractivity contribution in [3.05, 3.63) is 65.0 Å². The van der Waals surface area contributed by atoms with Crippen molar-refractivity contribution >= 4 is 16.0 Å². The number of morpholine rings is 1. The Morgan fingerprint density at radius 3 is 2.68 bits per heavy atom. The van der Waals surface area contributed by atoms with Crippen LogP contribution in [-0.4, -0.2) is 45.0 Å². The third-order valence-corrected chi connectivity index (χ3v) is 6.09. The van der Waals surface area contributed by atoms with Crippen molar-refractivity contribution < 1.29 is 27.1 Å². The summed E-state index contributed by atoms with van der Waals surface area (Å²) in [6, 6.07) is 11.6. The number of ether oxygens (including phenoxy) is 2. The Hall–Kier alpha value is -2.80. The van der Waals surface area contributed by atoms with Crippen LogP contribution in [0.15, 0.2) is 47.4 Å². The monoisotopic (exact) mass is 404 g/mol. The number of carbonyl (C=O) groups is 1. The lowest BCUT2D eigenvalue weighted by molar-refractivity contribution is 0.0472. The zero-order valence-electron chi connectivity index (χ0n) is 14.8. The quantitative estimate of drug-likeness (QED) is 0.708. The second-order valence-corrected chi connectivity index (χ2v) is 7.96. The minimum absolute atomic E-state index is 0.0790. The SMILES string of the molecule is N#Cc1cccc(COC(=O)c2ccc(F)c(S(=O)(=O)N3CCOCC3)c2)c1. The summed E-state index contributed by atoms with van der Waals surface area (Å²) < 4.78 is 51.0. The Bertz CT molecular complexity index is 1030. The lowest BCUT2D eigenvalue weighted by atomic mass is 10.1. The maximum absolute atomic E-state index is 14.2. The highest BCUT2D eigenvalue weighted by Crippen LogP contribution is 2.22. The lowest BCUT2D eigenvalue weighted by Crippen LogP contribution is -2.41. The summed E-state index contributed by atoms with van der Waals surface area (Å²) in [7, 11) is -4.09. The summed E-state index contributed by atoms with van der Waals surface area (Å²) in [6.45, 7) is 0.587. The number of hydrogen-bond donors (Lipinski definition) is 0. The van der Waals surface area contributed by atoms with Gasteiger partial charge in [-0.15, -0.1) is 0 Å². The molecule has 0 N–H and O–H groups in total. The number of benzene rings is 2. The summed E-state index contributed by atoms with van der Waals surface area (Å²) in [4.78, 5) is 11.7. The molecule has 1 saturated heterocycles. The number of halogens is 1. The third-order valence-electron chi connectivity index (χ3n) is 4.18. The first-order valence-electron chi connectivity index (χ1n) is 8.45. The normalized spacial score (nSPS) is 15.0. The summed E-state index contributed by atoms with van der Waals surface area (Å²) in [5.74, 6) is -1.73. The Kier molecular flexibility index (Phi) is 6.04. The van der Waals surface area contributed by atoms with Gasteiger partial charge in [-0.3, -0.25) is 0 Å². The third kappa shape index (κ3) is 4.36. The summed E-state index contributed by atoms with van der Waals surface area (Å²) >= 11 is 0. The van der Waals surface area contributed by atoms with E-state index in [1.807, 2.05) is 6.07 Å². The maximum atomic E-state index is 14.2. The molecule has 9 heteroatoms. The fraction of sp³-hybridized carbons (Fsp3) is 0.263. The maximum Gasteiger partial charge on any atom is 0.338 e. The second-order valence-electron chi connectivity index (χ2n) is 6.05. The van der Waals surface area contributed by atoms with Crippen molar-refractivity contribution in [3.63, 3.8) is 0 Å². The molecule has 0 aromatic heterocycles. The van der Waals surface area contributed by atoms with Crippen molar-refractivity contribution in [2.45, 2.75) is 11.5 Å². The van der Waals surface area contributed by atoms with Gasteiger partial charge in [0.2, 0.25) is 10.0 Å². The van der Waals surface area contributed by atoms with Crippen LogP contribution in [0.1, 0.15) is 21.5 Å². The Morgan fingerprint density at radius 2 is 1.96 bits per heavy atom. The van der Waals surface area contributed by atoms with Crippen molar-refractivity contribution in [1.82, 2.24) is 4.31 Å². The molecule has 28 heavy (non-hydrogen) atoms. The Balaban J connectivity index is 1.78. The van der Waals surface area contributed by atoms with Gasteiger partial charge in [-0.2, -0.15) is 9.57 Å². The van der Waals surface area contributed by atoms with Crippen LogP contribution in [0, 0.1) is 17.1 Å². The number of esters is 1. The molecular formula is C19H17FN2O5S. The number of nitriles is 1. The molecule has 0 amide bonds. The number of nitrogens with zero attached hydrogens (tertiary/aromatic N) is 2. The van der Waals surface area contributed by atoms with Crippen LogP contribution in [-0.2, 0) is 26.1 Å². The van der Waals surface area contributed by atoms with E-state index in [9.17, 15) is 17.6 Å². The highest BCUT2D eigenvalue weighted by Gasteiger charge is 2.30. The molecule has 1 aliphatic rings. The van der Waals surface area contributed by atoms with Crippen LogP contribution in [0.4, 0.5) is 4.39 Å². The molecule has 146 valence electrons. The summed E-state index contributed by atoms with van der Waals surface area (Å²) in [5, 5.41) is 8.90.